The van der Waals surface area contributed by atoms with Crippen LogP contribution in [0.25, 0.3) is 0 Å². The molecule has 0 radical (unpaired) electrons. The van der Waals surface area contributed by atoms with E-state index in [1.54, 1.807) is 6.20 Å². The molecule has 0 saturated carbocycles. The summed E-state index contributed by atoms with van der Waals surface area (Å²) in [5.41, 5.74) is 0. The molecule has 1 amide bonds. The fourth-order valence-electron chi connectivity index (χ4n) is 1.19. The lowest BCUT2D eigenvalue weighted by Crippen LogP contribution is -2.34. The van der Waals surface area contributed by atoms with Crippen molar-refractivity contribution in [1.29, 1.82) is 0 Å². The molecule has 2 N–H and O–H groups in total. The zero-order valence-corrected chi connectivity index (χ0v) is 8.76. The van der Waals surface area contributed by atoms with Gasteiger partial charge in [-0.25, -0.2) is 4.68 Å². The standard InChI is InChI=1S/C9H16N4O2/c1-2-3-8(14)6-10-9(15)7-13-5-4-11-12-13/h4-5,8,14H,2-3,6-7H2,1H3,(H,10,15). The van der Waals surface area contributed by atoms with Crippen LogP contribution < -0.4 is 5.32 Å². The van der Waals surface area contributed by atoms with E-state index in [2.05, 4.69) is 15.6 Å². The van der Waals surface area contributed by atoms with Crippen molar-refractivity contribution < 1.29 is 9.90 Å². The largest absolute Gasteiger partial charge is 0.391 e. The van der Waals surface area contributed by atoms with Gasteiger partial charge in [0, 0.05) is 12.7 Å². The van der Waals surface area contributed by atoms with E-state index < -0.39 is 6.10 Å². The van der Waals surface area contributed by atoms with Gasteiger partial charge in [-0.2, -0.15) is 0 Å². The first kappa shape index (κ1) is 11.6. The van der Waals surface area contributed by atoms with Crippen LogP contribution >= 0.6 is 0 Å². The van der Waals surface area contributed by atoms with Crippen molar-refractivity contribution in [3.63, 3.8) is 0 Å². The van der Waals surface area contributed by atoms with Gasteiger partial charge in [-0.15, -0.1) is 5.10 Å². The van der Waals surface area contributed by atoms with Gasteiger partial charge in [-0.05, 0) is 6.42 Å². The summed E-state index contributed by atoms with van der Waals surface area (Å²) in [5, 5.41) is 19.2. The van der Waals surface area contributed by atoms with Gasteiger partial charge >= 0.3 is 0 Å². The molecule has 1 heterocycles. The van der Waals surface area contributed by atoms with Crippen molar-refractivity contribution in [2.24, 2.45) is 0 Å². The van der Waals surface area contributed by atoms with Crippen LogP contribution in [0.5, 0.6) is 0 Å². The minimum atomic E-state index is -0.463. The molecule has 0 spiro atoms. The molecule has 6 heteroatoms. The normalized spacial score (nSPS) is 12.4. The summed E-state index contributed by atoms with van der Waals surface area (Å²) < 4.78 is 1.43. The Morgan fingerprint density at radius 1 is 1.67 bits per heavy atom. The molecule has 1 unspecified atom stereocenters. The summed E-state index contributed by atoms with van der Waals surface area (Å²) >= 11 is 0. The maximum absolute atomic E-state index is 11.3. The topological polar surface area (TPSA) is 80.0 Å². The van der Waals surface area contributed by atoms with Crippen LogP contribution in [0.15, 0.2) is 12.4 Å². The zero-order chi connectivity index (χ0) is 11.1. The van der Waals surface area contributed by atoms with Crippen molar-refractivity contribution in [3.8, 4) is 0 Å². The number of carbonyl (C=O) groups is 1. The van der Waals surface area contributed by atoms with Gasteiger partial charge in [0.15, 0.2) is 0 Å². The van der Waals surface area contributed by atoms with Gasteiger partial charge < -0.3 is 10.4 Å². The van der Waals surface area contributed by atoms with E-state index in [0.717, 1.165) is 6.42 Å². The fraction of sp³-hybridized carbons (Fsp3) is 0.667. The highest BCUT2D eigenvalue weighted by atomic mass is 16.3. The molecule has 1 rings (SSSR count). The molecule has 0 aromatic carbocycles. The van der Waals surface area contributed by atoms with E-state index in [9.17, 15) is 9.90 Å². The molecule has 0 fully saturated rings. The van der Waals surface area contributed by atoms with Crippen molar-refractivity contribution in [2.45, 2.75) is 32.4 Å². The molecule has 6 nitrogen and oxygen atoms in total. The van der Waals surface area contributed by atoms with Gasteiger partial charge in [-0.3, -0.25) is 4.79 Å². The minimum absolute atomic E-state index is 0.138. The summed E-state index contributed by atoms with van der Waals surface area (Å²) in [6.45, 7) is 2.42. The summed E-state index contributed by atoms with van der Waals surface area (Å²) in [6, 6.07) is 0. The van der Waals surface area contributed by atoms with Crippen LogP contribution in [0, 0.1) is 0 Å². The van der Waals surface area contributed by atoms with E-state index in [0.29, 0.717) is 13.0 Å². The first-order chi connectivity index (χ1) is 7.22. The second kappa shape index (κ2) is 6.13. The van der Waals surface area contributed by atoms with E-state index in [4.69, 9.17) is 0 Å². The van der Waals surface area contributed by atoms with Gasteiger partial charge in [0.2, 0.25) is 5.91 Å². The lowest BCUT2D eigenvalue weighted by molar-refractivity contribution is -0.122. The van der Waals surface area contributed by atoms with Gasteiger partial charge in [0.1, 0.15) is 6.54 Å². The number of aliphatic hydroxyl groups is 1. The average Bonchev–Trinajstić information content (AvgIpc) is 2.68. The van der Waals surface area contributed by atoms with Crippen molar-refractivity contribution >= 4 is 5.91 Å². The average molecular weight is 212 g/mol. The molecule has 1 aromatic rings. The van der Waals surface area contributed by atoms with E-state index in [1.807, 2.05) is 6.92 Å². The lowest BCUT2D eigenvalue weighted by atomic mass is 10.2. The quantitative estimate of drug-likeness (QED) is 0.669. The maximum atomic E-state index is 11.3. The van der Waals surface area contributed by atoms with Gasteiger partial charge in [-0.1, -0.05) is 18.6 Å². The van der Waals surface area contributed by atoms with Crippen LogP contribution in [0.2, 0.25) is 0 Å². The van der Waals surface area contributed by atoms with Crippen molar-refractivity contribution in [2.75, 3.05) is 6.54 Å². The minimum Gasteiger partial charge on any atom is -0.391 e. The van der Waals surface area contributed by atoms with Crippen molar-refractivity contribution in [1.82, 2.24) is 20.3 Å². The molecule has 0 aliphatic rings. The molecule has 1 aromatic heterocycles. The Kier molecular flexibility index (Phi) is 4.76. The molecule has 0 saturated heterocycles. The van der Waals surface area contributed by atoms with Crippen LogP contribution in [0.1, 0.15) is 19.8 Å². The van der Waals surface area contributed by atoms with Crippen LogP contribution in [-0.2, 0) is 11.3 Å². The monoisotopic (exact) mass is 212 g/mol. The number of aliphatic hydroxyl groups excluding tert-OH is 1. The predicted octanol–water partition coefficient (Wildman–Crippen LogP) is -0.445. The third kappa shape index (κ3) is 4.55. The Balaban J connectivity index is 2.19. The van der Waals surface area contributed by atoms with Gasteiger partial charge in [0.05, 0.1) is 12.3 Å². The first-order valence-electron chi connectivity index (χ1n) is 5.01. The predicted molar refractivity (Wildman–Crippen MR) is 53.9 cm³/mol. The third-order valence-corrected chi connectivity index (χ3v) is 1.93. The summed E-state index contributed by atoms with van der Waals surface area (Å²) in [7, 11) is 0. The molecule has 0 bridgehead atoms. The van der Waals surface area contributed by atoms with Crippen molar-refractivity contribution in [3.05, 3.63) is 12.4 Å². The Labute approximate surface area is 88.3 Å². The third-order valence-electron chi connectivity index (χ3n) is 1.93. The number of rotatable bonds is 6. The zero-order valence-electron chi connectivity index (χ0n) is 8.76. The molecule has 0 aliphatic heterocycles. The highest BCUT2D eigenvalue weighted by Gasteiger charge is 2.06. The molecule has 0 aliphatic carbocycles. The fourth-order valence-corrected chi connectivity index (χ4v) is 1.19. The SMILES string of the molecule is CCCC(O)CNC(=O)Cn1ccnn1. The van der Waals surface area contributed by atoms with Crippen LogP contribution in [0.4, 0.5) is 0 Å². The molecule has 84 valence electrons. The smallest absolute Gasteiger partial charge is 0.241 e. The Morgan fingerprint density at radius 3 is 3.07 bits per heavy atom. The summed E-state index contributed by atoms with van der Waals surface area (Å²) in [4.78, 5) is 11.3. The van der Waals surface area contributed by atoms with E-state index >= 15 is 0 Å². The lowest BCUT2D eigenvalue weighted by Gasteiger charge is -2.10. The highest BCUT2D eigenvalue weighted by molar-refractivity contribution is 5.75. The maximum Gasteiger partial charge on any atom is 0.241 e. The Hall–Kier alpha value is -1.43. The number of hydrogen-bond acceptors (Lipinski definition) is 4. The number of nitrogens with zero attached hydrogens (tertiary/aromatic N) is 3. The summed E-state index contributed by atoms with van der Waals surface area (Å²) in [5.74, 6) is -0.171. The molecular formula is C9H16N4O2. The van der Waals surface area contributed by atoms with E-state index in [-0.39, 0.29) is 12.5 Å². The molecule has 15 heavy (non-hydrogen) atoms. The number of hydrogen-bond donors (Lipinski definition) is 2. The van der Waals surface area contributed by atoms with Crippen LogP contribution in [-0.4, -0.2) is 38.7 Å². The number of aromatic nitrogens is 3. The molecular weight excluding hydrogens is 196 g/mol. The number of nitrogens with one attached hydrogen (secondary N) is 1. The van der Waals surface area contributed by atoms with Gasteiger partial charge in [0.25, 0.3) is 0 Å². The Bertz CT molecular complexity index is 286. The second-order valence-electron chi connectivity index (χ2n) is 3.35. The second-order valence-corrected chi connectivity index (χ2v) is 3.35. The number of amides is 1. The van der Waals surface area contributed by atoms with E-state index in [1.165, 1.54) is 10.9 Å². The number of carbonyl (C=O) groups excluding carboxylic acids is 1. The highest BCUT2D eigenvalue weighted by Crippen LogP contribution is 1.93. The first-order valence-corrected chi connectivity index (χ1v) is 5.01. The Morgan fingerprint density at radius 2 is 2.47 bits per heavy atom. The summed E-state index contributed by atoms with van der Waals surface area (Å²) in [6.07, 6.45) is 4.26. The molecule has 1 atom stereocenters. The van der Waals surface area contributed by atoms with Crippen LogP contribution in [0.3, 0.4) is 0 Å².